The highest BCUT2D eigenvalue weighted by atomic mass is 127. The van der Waals surface area contributed by atoms with Crippen LogP contribution in [0.3, 0.4) is 0 Å². The minimum Gasteiger partial charge on any atom is -0.325 e. The lowest BCUT2D eigenvalue weighted by molar-refractivity contribution is -0.126. The van der Waals surface area contributed by atoms with E-state index in [2.05, 4.69) is 55.8 Å². The average Bonchev–Trinajstić information content (AvgIpc) is 2.58. The largest absolute Gasteiger partial charge is 0.325 e. The molecular formula is C20H18I2N2O4. The summed E-state index contributed by atoms with van der Waals surface area (Å²) in [5, 5.41) is 5.41. The highest BCUT2D eigenvalue weighted by Gasteiger charge is 2.13. The first-order valence-corrected chi connectivity index (χ1v) is 10.5. The number of nitrogens with one attached hydrogen (secondary N) is 2. The zero-order valence-electron chi connectivity index (χ0n) is 15.1. The highest BCUT2D eigenvalue weighted by molar-refractivity contribution is 14.1. The van der Waals surface area contributed by atoms with Crippen molar-refractivity contribution in [2.24, 2.45) is 0 Å². The Bertz CT molecular complexity index is 928. The predicted octanol–water partition coefficient (Wildman–Crippen LogP) is 3.95. The number of para-hydroxylation sites is 1. The van der Waals surface area contributed by atoms with Crippen molar-refractivity contribution in [2.45, 2.75) is 26.2 Å². The van der Waals surface area contributed by atoms with Gasteiger partial charge < -0.3 is 10.6 Å². The zero-order chi connectivity index (χ0) is 20.7. The van der Waals surface area contributed by atoms with E-state index in [1.54, 1.807) is 24.3 Å². The van der Waals surface area contributed by atoms with Gasteiger partial charge in [0.1, 0.15) is 11.6 Å². The molecule has 2 N–H and O–H groups in total. The molecule has 8 heteroatoms. The quantitative estimate of drug-likeness (QED) is 0.353. The second-order valence-corrected chi connectivity index (χ2v) is 8.49. The van der Waals surface area contributed by atoms with E-state index in [0.717, 1.165) is 12.7 Å². The Morgan fingerprint density at radius 1 is 0.821 bits per heavy atom. The fourth-order valence-corrected chi connectivity index (χ4v) is 3.65. The monoisotopic (exact) mass is 604 g/mol. The van der Waals surface area contributed by atoms with Crippen LogP contribution in [0.5, 0.6) is 0 Å². The van der Waals surface area contributed by atoms with E-state index in [1.807, 2.05) is 18.2 Å². The van der Waals surface area contributed by atoms with Gasteiger partial charge in [-0.1, -0.05) is 18.2 Å². The number of rotatable bonds is 8. The normalized spacial score (nSPS) is 10.2. The smallest absolute Gasteiger partial charge is 0.231 e. The molecule has 0 aliphatic heterocycles. The number of anilines is 2. The molecule has 0 heterocycles. The number of amides is 2. The minimum atomic E-state index is -0.374. The molecule has 146 valence electrons. The molecule has 6 nitrogen and oxygen atoms in total. The number of carbonyl (C=O) groups excluding carboxylic acids is 4. The Balaban J connectivity index is 1.92. The third-order valence-electron chi connectivity index (χ3n) is 3.62. The standard InChI is InChI=1S/C20H18I2N2O4/c1-12(25)8-19(27)24-18-7-6-13(10-16(18)22)9-14(26)11-20(28)23-17-5-3-2-4-15(17)21/h2-7,10H,8-9,11H2,1H3,(H,23,28)(H,24,27). The fraction of sp³-hybridized carbons (Fsp3) is 0.200. The molecule has 0 radical (unpaired) electrons. The molecular weight excluding hydrogens is 586 g/mol. The Morgan fingerprint density at radius 2 is 1.43 bits per heavy atom. The number of Topliss-reactive ketones (excluding diaryl/α,β-unsaturated/α-hetero) is 2. The van der Waals surface area contributed by atoms with E-state index < -0.39 is 0 Å². The average molecular weight is 604 g/mol. The SMILES string of the molecule is CC(=O)CC(=O)Nc1ccc(CC(=O)CC(=O)Nc2ccccc2I)cc1I. The van der Waals surface area contributed by atoms with Crippen molar-refractivity contribution in [1.82, 2.24) is 0 Å². The van der Waals surface area contributed by atoms with E-state index in [-0.39, 0.29) is 42.6 Å². The molecule has 0 spiro atoms. The van der Waals surface area contributed by atoms with E-state index in [9.17, 15) is 19.2 Å². The van der Waals surface area contributed by atoms with Gasteiger partial charge in [-0.15, -0.1) is 0 Å². The molecule has 28 heavy (non-hydrogen) atoms. The van der Waals surface area contributed by atoms with Crippen LogP contribution in [0.2, 0.25) is 0 Å². The molecule has 0 unspecified atom stereocenters. The summed E-state index contributed by atoms with van der Waals surface area (Å²) in [7, 11) is 0. The van der Waals surface area contributed by atoms with Crippen molar-refractivity contribution >= 4 is 79.9 Å². The van der Waals surface area contributed by atoms with Crippen LogP contribution in [-0.2, 0) is 25.6 Å². The van der Waals surface area contributed by atoms with Crippen LogP contribution in [0.1, 0.15) is 25.3 Å². The van der Waals surface area contributed by atoms with Gasteiger partial charge in [-0.2, -0.15) is 0 Å². The number of benzene rings is 2. The van der Waals surface area contributed by atoms with Crippen LogP contribution < -0.4 is 10.6 Å². The second-order valence-electron chi connectivity index (χ2n) is 6.16. The third-order valence-corrected chi connectivity index (χ3v) is 5.46. The van der Waals surface area contributed by atoms with E-state index in [4.69, 9.17) is 0 Å². The van der Waals surface area contributed by atoms with E-state index in [0.29, 0.717) is 11.4 Å². The summed E-state index contributed by atoms with van der Waals surface area (Å²) in [6.07, 6.45) is -0.262. The van der Waals surface area contributed by atoms with Crippen LogP contribution in [0.25, 0.3) is 0 Å². The number of hydrogen-bond donors (Lipinski definition) is 2. The lowest BCUT2D eigenvalue weighted by Gasteiger charge is -2.09. The number of hydrogen-bond acceptors (Lipinski definition) is 4. The Morgan fingerprint density at radius 3 is 2.04 bits per heavy atom. The molecule has 0 aliphatic rings. The molecule has 0 fully saturated rings. The summed E-state index contributed by atoms with van der Waals surface area (Å²) >= 11 is 4.17. The van der Waals surface area contributed by atoms with Crippen molar-refractivity contribution in [3.05, 3.63) is 55.2 Å². The van der Waals surface area contributed by atoms with Crippen molar-refractivity contribution in [3.8, 4) is 0 Å². The molecule has 2 rings (SSSR count). The van der Waals surface area contributed by atoms with Gasteiger partial charge in [0.2, 0.25) is 11.8 Å². The van der Waals surface area contributed by atoms with Crippen LogP contribution in [0.15, 0.2) is 42.5 Å². The summed E-state index contributed by atoms with van der Waals surface area (Å²) in [5.41, 5.74) is 2.02. The summed E-state index contributed by atoms with van der Waals surface area (Å²) in [6, 6.07) is 12.5. The topological polar surface area (TPSA) is 92.3 Å². The van der Waals surface area contributed by atoms with Gasteiger partial charge >= 0.3 is 0 Å². The van der Waals surface area contributed by atoms with Gasteiger partial charge in [-0.05, 0) is 81.9 Å². The van der Waals surface area contributed by atoms with Crippen molar-refractivity contribution in [1.29, 1.82) is 0 Å². The van der Waals surface area contributed by atoms with Crippen molar-refractivity contribution in [2.75, 3.05) is 10.6 Å². The molecule has 0 bridgehead atoms. The Kier molecular flexibility index (Phi) is 8.55. The molecule has 2 aromatic carbocycles. The maximum atomic E-state index is 12.2. The zero-order valence-corrected chi connectivity index (χ0v) is 19.4. The molecule has 2 aromatic rings. The van der Waals surface area contributed by atoms with E-state index >= 15 is 0 Å². The van der Waals surface area contributed by atoms with Gasteiger partial charge in [0.25, 0.3) is 0 Å². The Hall–Kier alpha value is -1.82. The lowest BCUT2D eigenvalue weighted by Crippen LogP contribution is -2.18. The third kappa shape index (κ3) is 7.30. The molecule has 0 atom stereocenters. The van der Waals surface area contributed by atoms with Crippen LogP contribution >= 0.6 is 45.2 Å². The molecule has 0 aliphatic carbocycles. The maximum absolute atomic E-state index is 12.2. The highest BCUT2D eigenvalue weighted by Crippen LogP contribution is 2.21. The fourth-order valence-electron chi connectivity index (χ4n) is 2.42. The number of ketones is 2. The first-order chi connectivity index (χ1) is 13.2. The van der Waals surface area contributed by atoms with Crippen molar-refractivity contribution < 1.29 is 19.2 Å². The van der Waals surface area contributed by atoms with Crippen LogP contribution in [0, 0.1) is 7.14 Å². The van der Waals surface area contributed by atoms with Crippen LogP contribution in [0.4, 0.5) is 11.4 Å². The summed E-state index contributed by atoms with van der Waals surface area (Å²) in [4.78, 5) is 47.0. The summed E-state index contributed by atoms with van der Waals surface area (Å²) in [6.45, 7) is 1.36. The number of halogens is 2. The van der Waals surface area contributed by atoms with Gasteiger partial charge in [-0.25, -0.2) is 0 Å². The molecule has 0 aromatic heterocycles. The molecule has 2 amide bonds. The summed E-state index contributed by atoms with van der Waals surface area (Å²) in [5.74, 6) is -1.14. The molecule has 0 saturated carbocycles. The van der Waals surface area contributed by atoms with Crippen molar-refractivity contribution in [3.63, 3.8) is 0 Å². The Labute approximate surface area is 190 Å². The first-order valence-electron chi connectivity index (χ1n) is 8.38. The molecule has 0 saturated heterocycles. The van der Waals surface area contributed by atoms with Gasteiger partial charge in [0.15, 0.2) is 0 Å². The number of carbonyl (C=O) groups is 4. The minimum absolute atomic E-state index is 0.122. The van der Waals surface area contributed by atoms with Crippen LogP contribution in [-0.4, -0.2) is 23.4 Å². The second kappa shape index (κ2) is 10.6. The van der Waals surface area contributed by atoms with Gasteiger partial charge in [0.05, 0.1) is 24.2 Å². The maximum Gasteiger partial charge on any atom is 0.231 e. The first kappa shape index (κ1) is 22.5. The predicted molar refractivity (Wildman–Crippen MR) is 124 cm³/mol. The van der Waals surface area contributed by atoms with E-state index in [1.165, 1.54) is 6.92 Å². The van der Waals surface area contributed by atoms with Gasteiger partial charge in [-0.3, -0.25) is 19.2 Å². The van der Waals surface area contributed by atoms with Gasteiger partial charge in [0, 0.05) is 13.6 Å². The summed E-state index contributed by atoms with van der Waals surface area (Å²) < 4.78 is 1.65. The lowest BCUT2D eigenvalue weighted by atomic mass is 10.1.